The lowest BCUT2D eigenvalue weighted by Gasteiger charge is -2.36. The van der Waals surface area contributed by atoms with E-state index in [9.17, 15) is 4.79 Å². The summed E-state index contributed by atoms with van der Waals surface area (Å²) in [6.45, 7) is 3.97. The lowest BCUT2D eigenvalue weighted by atomic mass is 9.81. The molecule has 21 heavy (non-hydrogen) atoms. The van der Waals surface area contributed by atoms with E-state index in [1.807, 2.05) is 25.1 Å². The van der Waals surface area contributed by atoms with E-state index in [4.69, 9.17) is 14.2 Å². The van der Waals surface area contributed by atoms with Crippen LogP contribution in [-0.2, 0) is 9.47 Å². The van der Waals surface area contributed by atoms with Gasteiger partial charge in [-0.25, -0.2) is 0 Å². The fourth-order valence-electron chi connectivity index (χ4n) is 3.38. The zero-order valence-electron chi connectivity index (χ0n) is 12.7. The van der Waals surface area contributed by atoms with Gasteiger partial charge in [-0.05, 0) is 43.5 Å². The van der Waals surface area contributed by atoms with Gasteiger partial charge < -0.3 is 14.2 Å². The van der Waals surface area contributed by atoms with Gasteiger partial charge in [-0.15, -0.1) is 0 Å². The molecule has 0 aromatic heterocycles. The molecule has 0 saturated carbocycles. The zero-order valence-corrected chi connectivity index (χ0v) is 12.7. The summed E-state index contributed by atoms with van der Waals surface area (Å²) in [6, 6.07) is 5.66. The highest BCUT2D eigenvalue weighted by Crippen LogP contribution is 2.37. The van der Waals surface area contributed by atoms with Gasteiger partial charge in [0.1, 0.15) is 5.75 Å². The molecule has 0 bridgehead atoms. The number of methoxy groups -OCH3 is 1. The molecular formula is C17H22O4. The molecule has 2 aliphatic heterocycles. The second kappa shape index (κ2) is 5.78. The molecule has 1 spiro atoms. The van der Waals surface area contributed by atoms with Crippen molar-refractivity contribution < 1.29 is 19.0 Å². The molecule has 2 aliphatic rings. The summed E-state index contributed by atoms with van der Waals surface area (Å²) in [5.74, 6) is 1.07. The lowest BCUT2D eigenvalue weighted by molar-refractivity contribution is -0.0920. The minimum absolute atomic E-state index is 0.0354. The molecule has 2 unspecified atom stereocenters. The van der Waals surface area contributed by atoms with E-state index in [0.29, 0.717) is 13.2 Å². The summed E-state index contributed by atoms with van der Waals surface area (Å²) in [7, 11) is 1.64. The van der Waals surface area contributed by atoms with Crippen molar-refractivity contribution in [1.82, 2.24) is 0 Å². The van der Waals surface area contributed by atoms with Gasteiger partial charge in [0.15, 0.2) is 5.78 Å². The second-order valence-corrected chi connectivity index (χ2v) is 6.07. The zero-order chi connectivity index (χ0) is 14.9. The fourth-order valence-corrected chi connectivity index (χ4v) is 3.38. The molecule has 114 valence electrons. The summed E-state index contributed by atoms with van der Waals surface area (Å²) in [5, 5.41) is 0. The van der Waals surface area contributed by atoms with Gasteiger partial charge in [0.2, 0.25) is 0 Å². The summed E-state index contributed by atoms with van der Waals surface area (Å²) in [4.78, 5) is 12.8. The summed E-state index contributed by atoms with van der Waals surface area (Å²) < 4.78 is 16.6. The van der Waals surface area contributed by atoms with Crippen molar-refractivity contribution in [2.24, 2.45) is 5.92 Å². The van der Waals surface area contributed by atoms with Gasteiger partial charge >= 0.3 is 0 Å². The average molecular weight is 290 g/mol. The van der Waals surface area contributed by atoms with Crippen LogP contribution in [-0.4, -0.2) is 38.3 Å². The molecule has 4 heteroatoms. The largest absolute Gasteiger partial charge is 0.496 e. The first-order valence-electron chi connectivity index (χ1n) is 7.54. The predicted molar refractivity (Wildman–Crippen MR) is 78.9 cm³/mol. The van der Waals surface area contributed by atoms with Gasteiger partial charge in [0.25, 0.3) is 0 Å². The number of rotatable bonds is 3. The molecule has 1 aromatic carbocycles. The molecule has 2 fully saturated rings. The molecule has 0 radical (unpaired) electrons. The molecule has 2 saturated heterocycles. The summed E-state index contributed by atoms with van der Waals surface area (Å²) >= 11 is 0. The minimum Gasteiger partial charge on any atom is -0.496 e. The lowest BCUT2D eigenvalue weighted by Crippen LogP contribution is -2.42. The van der Waals surface area contributed by atoms with Crippen molar-refractivity contribution in [3.8, 4) is 5.75 Å². The molecule has 1 aromatic rings. The Morgan fingerprint density at radius 2 is 2.24 bits per heavy atom. The van der Waals surface area contributed by atoms with Crippen LogP contribution in [0.25, 0.3) is 0 Å². The number of ether oxygens (including phenoxy) is 3. The number of ketones is 1. The van der Waals surface area contributed by atoms with Gasteiger partial charge in [0.05, 0.1) is 19.3 Å². The van der Waals surface area contributed by atoms with Crippen LogP contribution in [0, 0.1) is 12.8 Å². The topological polar surface area (TPSA) is 44.8 Å². The molecule has 3 rings (SSSR count). The molecule has 2 heterocycles. The Kier molecular flexibility index (Phi) is 4.00. The summed E-state index contributed by atoms with van der Waals surface area (Å²) in [6.07, 6.45) is 2.47. The predicted octanol–water partition coefficient (Wildman–Crippen LogP) is 2.77. The maximum Gasteiger partial charge on any atom is 0.166 e. The highest BCUT2D eigenvalue weighted by molar-refractivity contribution is 5.98. The van der Waals surface area contributed by atoms with Crippen molar-refractivity contribution in [1.29, 1.82) is 0 Å². The van der Waals surface area contributed by atoms with Crippen LogP contribution in [0.1, 0.15) is 35.2 Å². The normalized spacial score (nSPS) is 28.8. The van der Waals surface area contributed by atoms with Crippen LogP contribution in [0.4, 0.5) is 0 Å². The Hall–Kier alpha value is -1.39. The van der Waals surface area contributed by atoms with E-state index in [2.05, 4.69) is 0 Å². The third-order valence-corrected chi connectivity index (χ3v) is 4.61. The summed E-state index contributed by atoms with van der Waals surface area (Å²) in [5.41, 5.74) is 1.55. The highest BCUT2D eigenvalue weighted by atomic mass is 16.6. The average Bonchev–Trinajstić information content (AvgIpc) is 2.94. The Morgan fingerprint density at radius 3 is 2.90 bits per heavy atom. The first-order chi connectivity index (χ1) is 10.1. The van der Waals surface area contributed by atoms with Gasteiger partial charge in [0, 0.05) is 31.1 Å². The maximum absolute atomic E-state index is 12.8. The number of hydrogen-bond donors (Lipinski definition) is 0. The quantitative estimate of drug-likeness (QED) is 0.803. The fraction of sp³-hybridized carbons (Fsp3) is 0.588. The smallest absolute Gasteiger partial charge is 0.166 e. The van der Waals surface area contributed by atoms with E-state index in [0.717, 1.165) is 42.7 Å². The van der Waals surface area contributed by atoms with Crippen LogP contribution < -0.4 is 4.74 Å². The first-order valence-corrected chi connectivity index (χ1v) is 7.54. The number of aryl methyl sites for hydroxylation is 1. The number of Topliss-reactive ketones (excluding diaryl/α,β-unsaturated/α-hetero) is 1. The van der Waals surface area contributed by atoms with E-state index in [-0.39, 0.29) is 17.3 Å². The third kappa shape index (κ3) is 2.83. The maximum atomic E-state index is 12.8. The van der Waals surface area contributed by atoms with E-state index < -0.39 is 0 Å². The Balaban J connectivity index is 1.76. The molecule has 4 nitrogen and oxygen atoms in total. The second-order valence-electron chi connectivity index (χ2n) is 6.07. The third-order valence-electron chi connectivity index (χ3n) is 4.61. The molecule has 0 N–H and O–H groups in total. The van der Waals surface area contributed by atoms with Crippen LogP contribution in [0.2, 0.25) is 0 Å². The van der Waals surface area contributed by atoms with Crippen LogP contribution in [0.15, 0.2) is 18.2 Å². The standard InChI is InChI=1S/C17H22O4/c1-12-9-13(3-4-15(12)19-2)16(18)14-5-7-21-17(10-14)6-8-20-11-17/h3-4,9,14H,5-8,10-11H2,1-2H3. The molecule has 0 amide bonds. The monoisotopic (exact) mass is 290 g/mol. The van der Waals surface area contributed by atoms with Crippen molar-refractivity contribution in [2.45, 2.75) is 31.8 Å². The van der Waals surface area contributed by atoms with E-state index in [1.54, 1.807) is 7.11 Å². The van der Waals surface area contributed by atoms with Gasteiger partial charge in [-0.2, -0.15) is 0 Å². The minimum atomic E-state index is -0.222. The highest BCUT2D eigenvalue weighted by Gasteiger charge is 2.43. The van der Waals surface area contributed by atoms with Gasteiger partial charge in [-0.1, -0.05) is 0 Å². The van der Waals surface area contributed by atoms with Crippen molar-refractivity contribution in [3.63, 3.8) is 0 Å². The van der Waals surface area contributed by atoms with Crippen LogP contribution in [0.3, 0.4) is 0 Å². The number of carbonyl (C=O) groups is 1. The Morgan fingerprint density at radius 1 is 1.38 bits per heavy atom. The van der Waals surface area contributed by atoms with Crippen LogP contribution >= 0.6 is 0 Å². The SMILES string of the molecule is COc1ccc(C(=O)C2CCOC3(CCOC3)C2)cc1C. The molecular weight excluding hydrogens is 268 g/mol. The Labute approximate surface area is 125 Å². The number of carbonyl (C=O) groups excluding carboxylic acids is 1. The van der Waals surface area contributed by atoms with Crippen molar-refractivity contribution >= 4 is 5.78 Å². The molecule has 2 atom stereocenters. The van der Waals surface area contributed by atoms with Crippen LogP contribution in [0.5, 0.6) is 5.75 Å². The first kappa shape index (κ1) is 14.5. The van der Waals surface area contributed by atoms with E-state index >= 15 is 0 Å². The molecule has 0 aliphatic carbocycles. The Bertz CT molecular complexity index is 532. The van der Waals surface area contributed by atoms with Gasteiger partial charge in [-0.3, -0.25) is 4.79 Å². The number of hydrogen-bond acceptors (Lipinski definition) is 4. The number of benzene rings is 1. The van der Waals surface area contributed by atoms with E-state index in [1.165, 1.54) is 0 Å². The van der Waals surface area contributed by atoms with Crippen molar-refractivity contribution in [3.05, 3.63) is 29.3 Å². The van der Waals surface area contributed by atoms with Crippen molar-refractivity contribution in [2.75, 3.05) is 26.9 Å².